The third-order valence-corrected chi connectivity index (χ3v) is 4.34. The molecular formula is C13H22N4OS. The van der Waals surface area contributed by atoms with Crippen molar-refractivity contribution in [2.45, 2.75) is 50.6 Å². The molecule has 0 unspecified atom stereocenters. The number of nitrogens with one attached hydrogen (secondary N) is 2. The number of aryl methyl sites for hydroxylation is 1. The number of thioether (sulfide) groups is 1. The smallest absolute Gasteiger partial charge is 0.230 e. The topological polar surface area (TPSA) is 70.7 Å². The fraction of sp³-hybridized carbons (Fsp3) is 0.769. The molecule has 1 aliphatic rings. The molecule has 0 saturated heterocycles. The van der Waals surface area contributed by atoms with Crippen molar-refractivity contribution in [2.24, 2.45) is 5.92 Å². The first-order valence-electron chi connectivity index (χ1n) is 7.08. The number of hydrogen-bond donors (Lipinski definition) is 2. The molecule has 0 aliphatic heterocycles. The number of carbonyl (C=O) groups excluding carboxylic acids is 1. The molecule has 106 valence electrons. The molecule has 2 rings (SSSR count). The number of aromatic nitrogens is 3. The predicted octanol–water partition coefficient (Wildman–Crippen LogP) is 2.16. The Morgan fingerprint density at radius 3 is 2.89 bits per heavy atom. The molecule has 2 N–H and O–H groups in total. The van der Waals surface area contributed by atoms with Crippen LogP contribution in [-0.4, -0.2) is 33.4 Å². The van der Waals surface area contributed by atoms with Gasteiger partial charge in [0.25, 0.3) is 0 Å². The van der Waals surface area contributed by atoms with Crippen molar-refractivity contribution in [3.8, 4) is 0 Å². The van der Waals surface area contributed by atoms with E-state index in [-0.39, 0.29) is 5.91 Å². The summed E-state index contributed by atoms with van der Waals surface area (Å²) in [6.07, 6.45) is 7.33. The highest BCUT2D eigenvalue weighted by atomic mass is 32.2. The van der Waals surface area contributed by atoms with Crippen LogP contribution in [0.15, 0.2) is 5.16 Å². The summed E-state index contributed by atoms with van der Waals surface area (Å²) in [5.74, 6) is 2.02. The number of hydrogen-bond acceptors (Lipinski definition) is 4. The van der Waals surface area contributed by atoms with Gasteiger partial charge >= 0.3 is 0 Å². The third-order valence-electron chi connectivity index (χ3n) is 3.49. The van der Waals surface area contributed by atoms with Gasteiger partial charge in [-0.05, 0) is 18.8 Å². The number of amides is 1. The number of H-pyrrole nitrogens is 1. The Balaban J connectivity index is 1.63. The molecule has 5 nitrogen and oxygen atoms in total. The van der Waals surface area contributed by atoms with Crippen LogP contribution in [-0.2, 0) is 11.2 Å². The Hall–Kier alpha value is -1.04. The van der Waals surface area contributed by atoms with Gasteiger partial charge in [-0.2, -0.15) is 0 Å². The fourth-order valence-corrected chi connectivity index (χ4v) is 2.98. The summed E-state index contributed by atoms with van der Waals surface area (Å²) in [4.78, 5) is 16.0. The van der Waals surface area contributed by atoms with E-state index in [1.165, 1.54) is 43.9 Å². The molecule has 0 bridgehead atoms. The van der Waals surface area contributed by atoms with Crippen LogP contribution >= 0.6 is 11.8 Å². The summed E-state index contributed by atoms with van der Waals surface area (Å²) in [5, 5.41) is 10.6. The molecule has 19 heavy (non-hydrogen) atoms. The highest BCUT2D eigenvalue weighted by Crippen LogP contribution is 2.22. The lowest BCUT2D eigenvalue weighted by molar-refractivity contribution is -0.118. The molecule has 0 aromatic carbocycles. The second-order valence-corrected chi connectivity index (χ2v) is 5.96. The van der Waals surface area contributed by atoms with Gasteiger partial charge in [0.2, 0.25) is 11.1 Å². The van der Waals surface area contributed by atoms with Gasteiger partial charge < -0.3 is 5.32 Å². The first-order valence-corrected chi connectivity index (χ1v) is 8.07. The average molecular weight is 282 g/mol. The van der Waals surface area contributed by atoms with E-state index in [0.29, 0.717) is 16.8 Å². The Kier molecular flexibility index (Phi) is 5.69. The molecule has 1 aromatic rings. The number of carbonyl (C=O) groups is 1. The Morgan fingerprint density at radius 2 is 2.21 bits per heavy atom. The molecule has 0 spiro atoms. The second kappa shape index (κ2) is 7.53. The standard InChI is InChI=1S/C13H22N4OS/c1-2-11-15-13(17-16-11)19-9-12(18)14-8-10-6-4-3-5-7-10/h10H,2-9H2,1H3,(H,14,18)(H,15,16,17). The SMILES string of the molecule is CCc1nc(SCC(=O)NCC2CCCCC2)n[nH]1. The van der Waals surface area contributed by atoms with Crippen LogP contribution in [0.2, 0.25) is 0 Å². The fourth-order valence-electron chi connectivity index (χ4n) is 2.33. The van der Waals surface area contributed by atoms with Gasteiger partial charge in [0.05, 0.1) is 5.75 Å². The summed E-state index contributed by atoms with van der Waals surface area (Å²) in [6, 6.07) is 0. The van der Waals surface area contributed by atoms with E-state index in [1.54, 1.807) is 0 Å². The van der Waals surface area contributed by atoms with Crippen molar-refractivity contribution < 1.29 is 4.79 Å². The lowest BCUT2D eigenvalue weighted by Crippen LogP contribution is -2.31. The molecule has 1 aliphatic carbocycles. The first-order chi connectivity index (χ1) is 9.28. The van der Waals surface area contributed by atoms with E-state index in [0.717, 1.165) is 18.8 Å². The lowest BCUT2D eigenvalue weighted by Gasteiger charge is -2.21. The van der Waals surface area contributed by atoms with Crippen LogP contribution in [0.4, 0.5) is 0 Å². The number of rotatable bonds is 6. The highest BCUT2D eigenvalue weighted by molar-refractivity contribution is 7.99. The zero-order valence-electron chi connectivity index (χ0n) is 11.4. The Labute approximate surface area is 118 Å². The largest absolute Gasteiger partial charge is 0.355 e. The van der Waals surface area contributed by atoms with Gasteiger partial charge in [0.1, 0.15) is 5.82 Å². The van der Waals surface area contributed by atoms with Crippen molar-refractivity contribution in [3.63, 3.8) is 0 Å². The molecule has 1 fully saturated rings. The summed E-state index contributed by atoms with van der Waals surface area (Å²) in [5.41, 5.74) is 0. The van der Waals surface area contributed by atoms with Gasteiger partial charge in [-0.15, -0.1) is 5.10 Å². The van der Waals surface area contributed by atoms with Crippen LogP contribution in [0, 0.1) is 5.92 Å². The minimum atomic E-state index is 0.0819. The van der Waals surface area contributed by atoms with Crippen LogP contribution < -0.4 is 5.32 Å². The molecule has 0 atom stereocenters. The molecule has 1 heterocycles. The zero-order valence-corrected chi connectivity index (χ0v) is 12.3. The van der Waals surface area contributed by atoms with E-state index in [2.05, 4.69) is 20.5 Å². The van der Waals surface area contributed by atoms with Crippen molar-refractivity contribution in [1.82, 2.24) is 20.5 Å². The average Bonchev–Trinajstić information content (AvgIpc) is 2.92. The summed E-state index contributed by atoms with van der Waals surface area (Å²) < 4.78 is 0. The second-order valence-electron chi connectivity index (χ2n) is 5.02. The van der Waals surface area contributed by atoms with E-state index in [4.69, 9.17) is 0 Å². The quantitative estimate of drug-likeness (QED) is 0.784. The highest BCUT2D eigenvalue weighted by Gasteiger charge is 2.14. The maximum absolute atomic E-state index is 11.7. The van der Waals surface area contributed by atoms with Gasteiger partial charge in [-0.1, -0.05) is 37.9 Å². The minimum absolute atomic E-state index is 0.0819. The van der Waals surface area contributed by atoms with Crippen molar-refractivity contribution >= 4 is 17.7 Å². The van der Waals surface area contributed by atoms with Crippen molar-refractivity contribution in [2.75, 3.05) is 12.3 Å². The minimum Gasteiger partial charge on any atom is -0.355 e. The van der Waals surface area contributed by atoms with E-state index in [1.807, 2.05) is 6.92 Å². The summed E-state index contributed by atoms with van der Waals surface area (Å²) in [6.45, 7) is 2.85. The van der Waals surface area contributed by atoms with E-state index in [9.17, 15) is 4.79 Å². The number of nitrogens with zero attached hydrogens (tertiary/aromatic N) is 2. The Bertz CT molecular complexity index is 401. The molecule has 0 radical (unpaired) electrons. The van der Waals surface area contributed by atoms with Gasteiger partial charge in [0.15, 0.2) is 0 Å². The molecule has 1 aromatic heterocycles. The zero-order chi connectivity index (χ0) is 13.5. The summed E-state index contributed by atoms with van der Waals surface area (Å²) >= 11 is 1.39. The first kappa shape index (κ1) is 14.4. The van der Waals surface area contributed by atoms with Gasteiger partial charge in [-0.3, -0.25) is 9.89 Å². The van der Waals surface area contributed by atoms with E-state index >= 15 is 0 Å². The maximum atomic E-state index is 11.7. The summed E-state index contributed by atoms with van der Waals surface area (Å²) in [7, 11) is 0. The predicted molar refractivity (Wildman–Crippen MR) is 76.1 cm³/mol. The Morgan fingerprint density at radius 1 is 1.42 bits per heavy atom. The van der Waals surface area contributed by atoms with Crippen LogP contribution in [0.5, 0.6) is 0 Å². The normalized spacial score (nSPS) is 16.5. The van der Waals surface area contributed by atoms with Crippen LogP contribution in [0.1, 0.15) is 44.9 Å². The molecule has 6 heteroatoms. The van der Waals surface area contributed by atoms with Crippen LogP contribution in [0.25, 0.3) is 0 Å². The number of aromatic amines is 1. The van der Waals surface area contributed by atoms with Crippen molar-refractivity contribution in [3.05, 3.63) is 5.82 Å². The monoisotopic (exact) mass is 282 g/mol. The lowest BCUT2D eigenvalue weighted by atomic mass is 9.89. The van der Waals surface area contributed by atoms with Crippen molar-refractivity contribution in [1.29, 1.82) is 0 Å². The van der Waals surface area contributed by atoms with Gasteiger partial charge in [0, 0.05) is 13.0 Å². The molecule has 1 amide bonds. The molecule has 1 saturated carbocycles. The van der Waals surface area contributed by atoms with E-state index < -0.39 is 0 Å². The third kappa shape index (κ3) is 4.86. The van der Waals surface area contributed by atoms with Gasteiger partial charge in [-0.25, -0.2) is 4.98 Å². The molecular weight excluding hydrogens is 260 g/mol. The maximum Gasteiger partial charge on any atom is 0.230 e. The van der Waals surface area contributed by atoms with Crippen LogP contribution in [0.3, 0.4) is 0 Å².